The molecule has 2 fully saturated rings. The second-order valence-electron chi connectivity index (χ2n) is 9.03. The first kappa shape index (κ1) is 21.7. The van der Waals surface area contributed by atoms with Gasteiger partial charge in [0.1, 0.15) is 12.6 Å². The molecule has 0 radical (unpaired) electrons. The molecule has 5 nitrogen and oxygen atoms in total. The van der Waals surface area contributed by atoms with Crippen LogP contribution in [0, 0.1) is 5.41 Å². The van der Waals surface area contributed by atoms with E-state index in [4.69, 9.17) is 0 Å². The largest absolute Gasteiger partial charge is 0.387 e. The molecule has 1 saturated carbocycles. The molecule has 1 spiro atoms. The van der Waals surface area contributed by atoms with Crippen LogP contribution in [-0.4, -0.2) is 66.8 Å². The SMILES string of the molecule is CN(/C=C(/C=O)C(CC=O)c1ccccc1)CC1(O)CCN(C)CC12CCCC2. The maximum Gasteiger partial charge on any atom is 0.148 e. The molecule has 1 aromatic rings. The Bertz CT molecular complexity index is 727. The zero-order chi connectivity index (χ0) is 20.9. The molecule has 29 heavy (non-hydrogen) atoms. The Balaban J connectivity index is 1.82. The number of carbonyl (C=O) groups excluding carboxylic acids is 2. The van der Waals surface area contributed by atoms with Gasteiger partial charge in [-0.05, 0) is 31.9 Å². The van der Waals surface area contributed by atoms with E-state index in [0.29, 0.717) is 12.1 Å². The molecule has 1 saturated heterocycles. The Kier molecular flexibility index (Phi) is 6.91. The third kappa shape index (κ3) is 4.62. The average Bonchev–Trinajstić information content (AvgIpc) is 3.18. The lowest BCUT2D eigenvalue weighted by molar-refractivity contribution is -0.136. The zero-order valence-electron chi connectivity index (χ0n) is 17.7. The minimum atomic E-state index is -0.762. The minimum absolute atomic E-state index is 0.0644. The van der Waals surface area contributed by atoms with Crippen LogP contribution in [-0.2, 0) is 9.59 Å². The topological polar surface area (TPSA) is 60.9 Å². The Morgan fingerprint density at radius 1 is 1.21 bits per heavy atom. The number of carbonyl (C=O) groups is 2. The van der Waals surface area contributed by atoms with Gasteiger partial charge in [-0.3, -0.25) is 4.79 Å². The fourth-order valence-corrected chi connectivity index (χ4v) is 5.47. The molecule has 0 amide bonds. The first-order valence-corrected chi connectivity index (χ1v) is 10.7. The molecule has 0 aromatic heterocycles. The number of nitrogens with zero attached hydrogens (tertiary/aromatic N) is 2. The number of likely N-dealkylation sites (N-methyl/N-ethyl adjacent to an activating group) is 1. The van der Waals surface area contributed by atoms with Gasteiger partial charge in [0.25, 0.3) is 0 Å². The van der Waals surface area contributed by atoms with E-state index < -0.39 is 5.60 Å². The van der Waals surface area contributed by atoms with Gasteiger partial charge in [-0.1, -0.05) is 43.2 Å². The molecule has 3 rings (SSSR count). The molecule has 1 aliphatic carbocycles. The van der Waals surface area contributed by atoms with E-state index in [1.165, 1.54) is 12.8 Å². The van der Waals surface area contributed by atoms with E-state index in [1.54, 1.807) is 0 Å². The second kappa shape index (κ2) is 9.23. The van der Waals surface area contributed by atoms with Crippen LogP contribution in [0.5, 0.6) is 0 Å². The standard InChI is InChI=1S/C24H34N2O3/c1-25-14-13-24(29,23(18-25)11-6-7-12-23)19-26(2)16-21(17-28)22(10-15-27)20-8-4-3-5-9-20/h3-5,8-9,15-17,22,29H,6-7,10-14,18-19H2,1-2H3/b21-16-. The number of piperidine rings is 1. The van der Waals surface area contributed by atoms with E-state index in [0.717, 1.165) is 50.5 Å². The van der Waals surface area contributed by atoms with Crippen LogP contribution >= 0.6 is 0 Å². The monoisotopic (exact) mass is 398 g/mol. The van der Waals surface area contributed by atoms with E-state index >= 15 is 0 Å². The summed E-state index contributed by atoms with van der Waals surface area (Å²) in [6.45, 7) is 2.31. The number of rotatable bonds is 8. The number of benzene rings is 1. The fraction of sp³-hybridized carbons (Fsp3) is 0.583. The highest BCUT2D eigenvalue weighted by Gasteiger charge is 2.54. The van der Waals surface area contributed by atoms with Crippen molar-refractivity contribution >= 4 is 12.6 Å². The van der Waals surface area contributed by atoms with Crippen molar-refractivity contribution < 1.29 is 14.7 Å². The summed E-state index contributed by atoms with van der Waals surface area (Å²) >= 11 is 0. The van der Waals surface area contributed by atoms with Crippen molar-refractivity contribution in [1.82, 2.24) is 9.80 Å². The number of likely N-dealkylation sites (tertiary alicyclic amines) is 1. The summed E-state index contributed by atoms with van der Waals surface area (Å²) in [4.78, 5) is 27.5. The quantitative estimate of drug-likeness (QED) is 0.539. The third-order valence-electron chi connectivity index (χ3n) is 6.98. The van der Waals surface area contributed by atoms with Crippen molar-refractivity contribution in [3.8, 4) is 0 Å². The number of hydrogen-bond acceptors (Lipinski definition) is 5. The maximum absolute atomic E-state index is 11.9. The third-order valence-corrected chi connectivity index (χ3v) is 6.98. The van der Waals surface area contributed by atoms with Gasteiger partial charge < -0.3 is 19.7 Å². The zero-order valence-corrected chi connectivity index (χ0v) is 17.7. The van der Waals surface area contributed by atoms with Gasteiger partial charge in [0.15, 0.2) is 0 Å². The van der Waals surface area contributed by atoms with Crippen molar-refractivity contribution in [2.24, 2.45) is 5.41 Å². The molecule has 2 unspecified atom stereocenters. The normalized spacial score (nSPS) is 25.7. The summed E-state index contributed by atoms with van der Waals surface area (Å²) in [6.07, 6.45) is 9.01. The molecule has 1 heterocycles. The molecule has 1 aliphatic heterocycles. The van der Waals surface area contributed by atoms with Crippen LogP contribution in [0.1, 0.15) is 50.0 Å². The minimum Gasteiger partial charge on any atom is -0.387 e. The van der Waals surface area contributed by atoms with Crippen molar-refractivity contribution in [1.29, 1.82) is 0 Å². The second-order valence-corrected chi connectivity index (χ2v) is 9.03. The predicted molar refractivity (Wildman–Crippen MR) is 115 cm³/mol. The summed E-state index contributed by atoms with van der Waals surface area (Å²) in [6, 6.07) is 9.66. The van der Waals surface area contributed by atoms with E-state index in [2.05, 4.69) is 11.9 Å². The van der Waals surface area contributed by atoms with Gasteiger partial charge in [0.05, 0.1) is 5.60 Å². The maximum atomic E-state index is 11.9. The Morgan fingerprint density at radius 3 is 2.52 bits per heavy atom. The molecular weight excluding hydrogens is 364 g/mol. The molecule has 1 N–H and O–H groups in total. The summed E-state index contributed by atoms with van der Waals surface area (Å²) in [5.41, 5.74) is 0.701. The number of aliphatic hydroxyl groups is 1. The van der Waals surface area contributed by atoms with Crippen LogP contribution in [0.15, 0.2) is 42.1 Å². The van der Waals surface area contributed by atoms with Crippen LogP contribution in [0.3, 0.4) is 0 Å². The Labute approximate surface area is 174 Å². The van der Waals surface area contributed by atoms with E-state index in [1.807, 2.05) is 48.5 Å². The van der Waals surface area contributed by atoms with Crippen molar-refractivity contribution in [3.63, 3.8) is 0 Å². The molecule has 0 bridgehead atoms. The highest BCUT2D eigenvalue weighted by atomic mass is 16.3. The lowest BCUT2D eigenvalue weighted by atomic mass is 9.66. The summed E-state index contributed by atoms with van der Waals surface area (Å²) in [5.74, 6) is -0.263. The molecule has 5 heteroatoms. The van der Waals surface area contributed by atoms with Crippen LogP contribution < -0.4 is 0 Å². The molecular formula is C24H34N2O3. The number of hydrogen-bond donors (Lipinski definition) is 1. The van der Waals surface area contributed by atoms with E-state index in [-0.39, 0.29) is 17.8 Å². The van der Waals surface area contributed by atoms with Crippen LogP contribution in [0.2, 0.25) is 0 Å². The Morgan fingerprint density at radius 2 is 1.90 bits per heavy atom. The summed E-state index contributed by atoms with van der Waals surface area (Å²) < 4.78 is 0. The number of aldehydes is 2. The fourth-order valence-electron chi connectivity index (χ4n) is 5.47. The lowest BCUT2D eigenvalue weighted by Gasteiger charge is -2.52. The van der Waals surface area contributed by atoms with Crippen molar-refractivity contribution in [2.75, 3.05) is 33.7 Å². The van der Waals surface area contributed by atoms with Gasteiger partial charge in [0.2, 0.25) is 0 Å². The highest BCUT2D eigenvalue weighted by molar-refractivity contribution is 5.77. The van der Waals surface area contributed by atoms with E-state index in [9.17, 15) is 14.7 Å². The van der Waals surface area contributed by atoms with Crippen molar-refractivity contribution in [3.05, 3.63) is 47.7 Å². The molecule has 1 aromatic carbocycles. The average molecular weight is 399 g/mol. The highest BCUT2D eigenvalue weighted by Crippen LogP contribution is 2.51. The smallest absolute Gasteiger partial charge is 0.148 e. The first-order valence-electron chi connectivity index (χ1n) is 10.7. The first-order chi connectivity index (χ1) is 13.9. The lowest BCUT2D eigenvalue weighted by Crippen LogP contribution is -2.61. The molecule has 158 valence electrons. The van der Waals surface area contributed by atoms with Gasteiger partial charge >= 0.3 is 0 Å². The molecule has 2 aliphatic rings. The molecule has 2 atom stereocenters. The van der Waals surface area contributed by atoms with Crippen LogP contribution in [0.25, 0.3) is 0 Å². The van der Waals surface area contributed by atoms with Gasteiger partial charge in [-0.2, -0.15) is 0 Å². The summed E-state index contributed by atoms with van der Waals surface area (Å²) in [5, 5.41) is 11.7. The van der Waals surface area contributed by atoms with Gasteiger partial charge in [0, 0.05) is 56.2 Å². The predicted octanol–water partition coefficient (Wildman–Crippen LogP) is 3.00. The summed E-state index contributed by atoms with van der Waals surface area (Å²) in [7, 11) is 4.06. The number of allylic oxidation sites excluding steroid dienone is 1. The van der Waals surface area contributed by atoms with Crippen molar-refractivity contribution in [2.45, 2.75) is 50.0 Å². The van der Waals surface area contributed by atoms with Gasteiger partial charge in [-0.25, -0.2) is 0 Å². The van der Waals surface area contributed by atoms with Gasteiger partial charge in [-0.15, -0.1) is 0 Å². The Hall–Kier alpha value is -1.98. The van der Waals surface area contributed by atoms with Crippen LogP contribution in [0.4, 0.5) is 0 Å².